The molecule has 0 bridgehead atoms. The molecule has 17 heavy (non-hydrogen) atoms. The van der Waals surface area contributed by atoms with Gasteiger partial charge in [-0.2, -0.15) is 13.2 Å². The molecule has 1 aromatic rings. The zero-order valence-corrected chi connectivity index (χ0v) is 9.70. The Morgan fingerprint density at radius 2 is 1.88 bits per heavy atom. The van der Waals surface area contributed by atoms with Crippen LogP contribution in [0.2, 0.25) is 5.02 Å². The van der Waals surface area contributed by atoms with E-state index in [1.807, 2.05) is 0 Å². The lowest BCUT2D eigenvalue weighted by Crippen LogP contribution is -2.33. The fourth-order valence-corrected chi connectivity index (χ4v) is 2.05. The molecule has 1 rings (SSSR count). The standard InChI is InChI=1S/C8H6BClF4O2S/c10-6-2-4(17-3-8(12,13)14)1-5(7(6)11)9(15)16/h1-2,15-16H,3H2. The van der Waals surface area contributed by atoms with Crippen LogP contribution >= 0.6 is 23.4 Å². The normalized spacial score (nSPS) is 11.7. The highest BCUT2D eigenvalue weighted by molar-refractivity contribution is 7.99. The lowest BCUT2D eigenvalue weighted by Gasteiger charge is -2.09. The predicted molar refractivity (Wildman–Crippen MR) is 58.0 cm³/mol. The third kappa shape index (κ3) is 4.38. The molecule has 2 nitrogen and oxygen atoms in total. The molecule has 1 aromatic carbocycles. The van der Waals surface area contributed by atoms with Crippen molar-refractivity contribution in [2.75, 3.05) is 5.75 Å². The second kappa shape index (κ2) is 5.47. The van der Waals surface area contributed by atoms with Gasteiger partial charge in [-0.25, -0.2) is 4.39 Å². The van der Waals surface area contributed by atoms with Gasteiger partial charge >= 0.3 is 13.3 Å². The van der Waals surface area contributed by atoms with Crippen molar-refractivity contribution in [2.45, 2.75) is 11.1 Å². The van der Waals surface area contributed by atoms with E-state index in [4.69, 9.17) is 21.6 Å². The van der Waals surface area contributed by atoms with E-state index in [2.05, 4.69) is 0 Å². The molecule has 0 fully saturated rings. The van der Waals surface area contributed by atoms with Gasteiger partial charge in [-0.15, -0.1) is 11.8 Å². The van der Waals surface area contributed by atoms with Crippen molar-refractivity contribution in [1.82, 2.24) is 0 Å². The molecular weight excluding hydrogens is 282 g/mol. The average molecular weight is 288 g/mol. The Bertz CT molecular complexity index is 413. The van der Waals surface area contributed by atoms with Gasteiger partial charge in [0.25, 0.3) is 0 Å². The number of thioether (sulfide) groups is 1. The topological polar surface area (TPSA) is 40.5 Å². The molecule has 2 N–H and O–H groups in total. The van der Waals surface area contributed by atoms with Gasteiger partial charge in [0.05, 0.1) is 10.8 Å². The largest absolute Gasteiger partial charge is 0.491 e. The minimum absolute atomic E-state index is 0.0109. The van der Waals surface area contributed by atoms with Crippen LogP contribution in [0, 0.1) is 5.82 Å². The van der Waals surface area contributed by atoms with E-state index in [-0.39, 0.29) is 4.90 Å². The highest BCUT2D eigenvalue weighted by atomic mass is 35.5. The number of benzene rings is 1. The van der Waals surface area contributed by atoms with Crippen molar-refractivity contribution in [3.8, 4) is 0 Å². The SMILES string of the molecule is OB(O)c1cc(SCC(F)(F)F)cc(Cl)c1F. The Morgan fingerprint density at radius 1 is 1.29 bits per heavy atom. The van der Waals surface area contributed by atoms with Crippen LogP contribution in [0.15, 0.2) is 17.0 Å². The van der Waals surface area contributed by atoms with Gasteiger partial charge in [0, 0.05) is 10.4 Å². The van der Waals surface area contributed by atoms with E-state index in [9.17, 15) is 17.6 Å². The number of rotatable bonds is 3. The second-order valence-electron chi connectivity index (χ2n) is 3.09. The third-order valence-corrected chi connectivity index (χ3v) is 3.03. The van der Waals surface area contributed by atoms with E-state index >= 15 is 0 Å². The second-order valence-corrected chi connectivity index (χ2v) is 4.54. The van der Waals surface area contributed by atoms with Gasteiger partial charge < -0.3 is 10.0 Å². The van der Waals surface area contributed by atoms with E-state index in [1.165, 1.54) is 0 Å². The quantitative estimate of drug-likeness (QED) is 0.506. The fraction of sp³-hybridized carbons (Fsp3) is 0.250. The molecular formula is C8H6BClF4O2S. The first-order valence-electron chi connectivity index (χ1n) is 4.25. The van der Waals surface area contributed by atoms with Gasteiger partial charge in [0.1, 0.15) is 5.82 Å². The summed E-state index contributed by atoms with van der Waals surface area (Å²) in [6, 6.07) is 1.92. The van der Waals surface area contributed by atoms with Crippen molar-refractivity contribution in [1.29, 1.82) is 0 Å². The summed E-state index contributed by atoms with van der Waals surface area (Å²) in [7, 11) is -2.13. The van der Waals surface area contributed by atoms with Gasteiger partial charge in [-0.1, -0.05) is 11.6 Å². The smallest absolute Gasteiger partial charge is 0.423 e. The predicted octanol–water partition coefficient (Wildman–Crippen LogP) is 1.81. The van der Waals surface area contributed by atoms with E-state index < -0.39 is 35.4 Å². The van der Waals surface area contributed by atoms with Gasteiger partial charge in [0.2, 0.25) is 0 Å². The number of halogens is 5. The maximum Gasteiger partial charge on any atom is 0.491 e. The van der Waals surface area contributed by atoms with Crippen LogP contribution in [0.5, 0.6) is 0 Å². The number of hydrogen-bond acceptors (Lipinski definition) is 3. The molecule has 9 heteroatoms. The molecule has 0 saturated carbocycles. The zero-order valence-electron chi connectivity index (χ0n) is 8.13. The van der Waals surface area contributed by atoms with Gasteiger partial charge in [-0.05, 0) is 12.1 Å². The Labute approximate surface area is 104 Å². The first-order chi connectivity index (χ1) is 7.70. The van der Waals surface area contributed by atoms with Gasteiger partial charge in [0.15, 0.2) is 0 Å². The Kier molecular flexibility index (Phi) is 4.71. The molecule has 0 heterocycles. The van der Waals surface area contributed by atoms with Crippen molar-refractivity contribution in [2.24, 2.45) is 0 Å². The number of alkyl halides is 3. The van der Waals surface area contributed by atoms with Crippen LogP contribution in [0.3, 0.4) is 0 Å². The highest BCUT2D eigenvalue weighted by Gasteiger charge is 2.28. The van der Waals surface area contributed by atoms with Crippen LogP contribution in [0.4, 0.5) is 17.6 Å². The molecule has 0 atom stereocenters. The van der Waals surface area contributed by atoms with E-state index in [0.29, 0.717) is 11.8 Å². The van der Waals surface area contributed by atoms with Crippen molar-refractivity contribution in [3.05, 3.63) is 23.0 Å². The Balaban J connectivity index is 2.95. The summed E-state index contributed by atoms with van der Waals surface area (Å²) in [5.74, 6) is -2.23. The lowest BCUT2D eigenvalue weighted by molar-refractivity contribution is -0.105. The van der Waals surface area contributed by atoms with Crippen LogP contribution in [-0.4, -0.2) is 29.1 Å². The maximum absolute atomic E-state index is 13.2. The first kappa shape index (κ1) is 14.6. The van der Waals surface area contributed by atoms with E-state index in [1.54, 1.807) is 0 Å². The summed E-state index contributed by atoms with van der Waals surface area (Å²) in [5.41, 5.74) is -0.554. The molecule has 0 aromatic heterocycles. The lowest BCUT2D eigenvalue weighted by atomic mass is 9.80. The van der Waals surface area contributed by atoms with Crippen molar-refractivity contribution >= 4 is 35.9 Å². The average Bonchev–Trinajstić information content (AvgIpc) is 2.18. The fourth-order valence-electron chi connectivity index (χ4n) is 1.02. The summed E-state index contributed by atoms with van der Waals surface area (Å²) in [6.45, 7) is 0. The molecule has 0 aliphatic carbocycles. The molecule has 0 unspecified atom stereocenters. The monoisotopic (exact) mass is 288 g/mol. The van der Waals surface area contributed by atoms with Crippen LogP contribution in [-0.2, 0) is 0 Å². The molecule has 0 radical (unpaired) electrons. The third-order valence-electron chi connectivity index (χ3n) is 1.71. The van der Waals surface area contributed by atoms with Crippen LogP contribution < -0.4 is 5.46 Å². The van der Waals surface area contributed by atoms with E-state index in [0.717, 1.165) is 12.1 Å². The Hall–Kier alpha value is -0.435. The van der Waals surface area contributed by atoms with Crippen molar-refractivity contribution in [3.63, 3.8) is 0 Å². The highest BCUT2D eigenvalue weighted by Crippen LogP contribution is 2.29. The minimum atomic E-state index is -4.37. The van der Waals surface area contributed by atoms with Gasteiger partial charge in [-0.3, -0.25) is 0 Å². The minimum Gasteiger partial charge on any atom is -0.423 e. The van der Waals surface area contributed by atoms with Crippen molar-refractivity contribution < 1.29 is 27.6 Å². The molecule has 0 spiro atoms. The molecule has 0 aliphatic rings. The first-order valence-corrected chi connectivity index (χ1v) is 5.61. The zero-order chi connectivity index (χ0) is 13.2. The molecule has 0 saturated heterocycles. The summed E-state index contributed by atoms with van der Waals surface area (Å²) < 4.78 is 49.1. The molecule has 0 aliphatic heterocycles. The number of hydrogen-bond donors (Lipinski definition) is 2. The molecule has 94 valence electrons. The summed E-state index contributed by atoms with van der Waals surface area (Å²) in [5, 5.41) is 17.2. The van der Waals surface area contributed by atoms with Crippen LogP contribution in [0.25, 0.3) is 0 Å². The summed E-state index contributed by atoms with van der Waals surface area (Å²) in [4.78, 5) is 0.0109. The molecule has 0 amide bonds. The summed E-state index contributed by atoms with van der Waals surface area (Å²) in [6.07, 6.45) is -4.37. The Morgan fingerprint density at radius 3 is 2.35 bits per heavy atom. The summed E-state index contributed by atoms with van der Waals surface area (Å²) >= 11 is 5.80. The maximum atomic E-state index is 13.2. The van der Waals surface area contributed by atoms with Crippen LogP contribution in [0.1, 0.15) is 0 Å².